The second kappa shape index (κ2) is 10.5. The SMILES string of the molecule is CCOc1cc(C=N/N=C2/NC(=O)/C(=C\C(=O)OC)S2)cc(Cl)c1OCC(=O)O. The lowest BCUT2D eigenvalue weighted by Gasteiger charge is -2.13. The maximum Gasteiger partial charge on any atom is 0.341 e. The van der Waals surface area contributed by atoms with Gasteiger partial charge in [-0.3, -0.25) is 10.1 Å². The Morgan fingerprint density at radius 2 is 2.10 bits per heavy atom. The van der Waals surface area contributed by atoms with Crippen molar-refractivity contribution in [3.8, 4) is 11.5 Å². The van der Waals surface area contributed by atoms with Crippen molar-refractivity contribution in [1.82, 2.24) is 5.32 Å². The summed E-state index contributed by atoms with van der Waals surface area (Å²) in [6, 6.07) is 3.05. The molecule has 0 bridgehead atoms. The van der Waals surface area contributed by atoms with Crippen molar-refractivity contribution in [2.75, 3.05) is 20.3 Å². The number of amides is 1. The van der Waals surface area contributed by atoms with Gasteiger partial charge in [0.2, 0.25) is 0 Å². The van der Waals surface area contributed by atoms with Gasteiger partial charge < -0.3 is 19.3 Å². The van der Waals surface area contributed by atoms with Crippen LogP contribution in [0.15, 0.2) is 33.3 Å². The third-order valence-corrected chi connectivity index (χ3v) is 4.31. The molecule has 1 saturated heterocycles. The van der Waals surface area contributed by atoms with E-state index < -0.39 is 24.5 Å². The van der Waals surface area contributed by atoms with Crippen molar-refractivity contribution >= 4 is 52.6 Å². The number of benzene rings is 1. The second-order valence-corrected chi connectivity index (χ2v) is 6.62. The minimum absolute atomic E-state index is 0.107. The number of rotatable bonds is 8. The van der Waals surface area contributed by atoms with Crippen LogP contribution in [0.25, 0.3) is 0 Å². The van der Waals surface area contributed by atoms with Crippen molar-refractivity contribution < 1.29 is 33.7 Å². The molecule has 2 rings (SSSR count). The standard InChI is InChI=1S/C17H16ClN3O7S/c1-3-27-11-5-9(4-10(18)15(11)28-8-13(22)23)7-19-21-17-20-16(25)12(29-17)6-14(24)26-2/h4-7H,3,8H2,1-2H3,(H,22,23)(H,20,21,25)/b12-6+,19-7?. The molecule has 12 heteroatoms. The Balaban J connectivity index is 2.17. The largest absolute Gasteiger partial charge is 0.490 e. The monoisotopic (exact) mass is 441 g/mol. The van der Waals surface area contributed by atoms with Crippen LogP contribution in [0.5, 0.6) is 11.5 Å². The molecule has 0 unspecified atom stereocenters. The van der Waals surface area contributed by atoms with Crippen LogP contribution in [-0.4, -0.2) is 54.7 Å². The molecule has 1 aromatic rings. The number of halogens is 1. The number of thioether (sulfide) groups is 1. The zero-order valence-corrected chi connectivity index (χ0v) is 16.9. The molecule has 0 radical (unpaired) electrons. The molecule has 0 saturated carbocycles. The van der Waals surface area contributed by atoms with Gasteiger partial charge in [-0.1, -0.05) is 11.6 Å². The topological polar surface area (TPSA) is 136 Å². The van der Waals surface area contributed by atoms with Gasteiger partial charge in [0.05, 0.1) is 29.9 Å². The highest BCUT2D eigenvalue weighted by atomic mass is 35.5. The Morgan fingerprint density at radius 3 is 2.76 bits per heavy atom. The van der Waals surface area contributed by atoms with E-state index in [2.05, 4.69) is 20.3 Å². The van der Waals surface area contributed by atoms with E-state index in [0.29, 0.717) is 12.2 Å². The van der Waals surface area contributed by atoms with E-state index in [-0.39, 0.29) is 26.6 Å². The Morgan fingerprint density at radius 1 is 1.34 bits per heavy atom. The lowest BCUT2D eigenvalue weighted by Crippen LogP contribution is -2.19. The van der Waals surface area contributed by atoms with Crippen LogP contribution in [0.1, 0.15) is 12.5 Å². The highest BCUT2D eigenvalue weighted by Gasteiger charge is 2.25. The highest BCUT2D eigenvalue weighted by molar-refractivity contribution is 8.18. The third-order valence-electron chi connectivity index (χ3n) is 3.13. The Kier molecular flexibility index (Phi) is 8.04. The number of nitrogens with zero attached hydrogens (tertiary/aromatic N) is 2. The lowest BCUT2D eigenvalue weighted by atomic mass is 10.2. The van der Waals surface area contributed by atoms with Gasteiger partial charge in [-0.05, 0) is 30.8 Å². The maximum absolute atomic E-state index is 11.7. The molecule has 154 valence electrons. The molecular formula is C17H16ClN3O7S. The zero-order valence-electron chi connectivity index (χ0n) is 15.3. The molecular weight excluding hydrogens is 426 g/mol. The fraction of sp³-hybridized carbons (Fsp3) is 0.235. The summed E-state index contributed by atoms with van der Waals surface area (Å²) < 4.78 is 15.1. The third kappa shape index (κ3) is 6.50. The molecule has 0 aromatic heterocycles. The summed E-state index contributed by atoms with van der Waals surface area (Å²) in [6.07, 6.45) is 2.41. The molecule has 1 heterocycles. The van der Waals surface area contributed by atoms with Gasteiger partial charge in [-0.2, -0.15) is 5.10 Å². The predicted octanol–water partition coefficient (Wildman–Crippen LogP) is 1.81. The number of carboxylic acids is 1. The summed E-state index contributed by atoms with van der Waals surface area (Å²) in [5, 5.41) is 19.3. The Bertz CT molecular complexity index is 915. The van der Waals surface area contributed by atoms with Crippen molar-refractivity contribution in [3.63, 3.8) is 0 Å². The van der Waals surface area contributed by atoms with Crippen molar-refractivity contribution in [2.24, 2.45) is 10.2 Å². The van der Waals surface area contributed by atoms with Crippen molar-refractivity contribution in [2.45, 2.75) is 6.92 Å². The predicted molar refractivity (Wildman–Crippen MR) is 107 cm³/mol. The Labute approximate surface area is 174 Å². The summed E-state index contributed by atoms with van der Waals surface area (Å²) in [7, 11) is 1.20. The first-order valence-electron chi connectivity index (χ1n) is 8.04. The van der Waals surface area contributed by atoms with E-state index in [0.717, 1.165) is 17.8 Å². The van der Waals surface area contributed by atoms with Crippen LogP contribution >= 0.6 is 23.4 Å². The van der Waals surface area contributed by atoms with E-state index in [1.807, 2.05) is 0 Å². The van der Waals surface area contributed by atoms with Gasteiger partial charge in [-0.15, -0.1) is 5.10 Å². The number of nitrogens with one attached hydrogen (secondary N) is 1. The van der Waals surface area contributed by atoms with Crippen LogP contribution in [0.2, 0.25) is 5.02 Å². The minimum Gasteiger partial charge on any atom is -0.490 e. The van der Waals surface area contributed by atoms with E-state index in [1.54, 1.807) is 13.0 Å². The van der Waals surface area contributed by atoms with Crippen LogP contribution in [0.4, 0.5) is 0 Å². The summed E-state index contributed by atoms with van der Waals surface area (Å²) in [4.78, 5) is 33.8. The van der Waals surface area contributed by atoms with E-state index in [9.17, 15) is 14.4 Å². The van der Waals surface area contributed by atoms with Crippen LogP contribution < -0.4 is 14.8 Å². The maximum atomic E-state index is 11.7. The lowest BCUT2D eigenvalue weighted by molar-refractivity contribution is -0.139. The molecule has 1 amide bonds. The average Bonchev–Trinajstić information content (AvgIpc) is 3.00. The van der Waals surface area contributed by atoms with Gasteiger partial charge in [-0.25, -0.2) is 9.59 Å². The number of carbonyl (C=O) groups excluding carboxylic acids is 2. The molecule has 0 atom stereocenters. The van der Waals surface area contributed by atoms with E-state index in [1.165, 1.54) is 19.4 Å². The summed E-state index contributed by atoms with van der Waals surface area (Å²) in [5.41, 5.74) is 0.505. The molecule has 1 aliphatic rings. The number of carbonyl (C=O) groups is 3. The number of hydrogen-bond acceptors (Lipinski definition) is 9. The number of methoxy groups -OCH3 is 1. The number of ether oxygens (including phenoxy) is 3. The smallest absolute Gasteiger partial charge is 0.341 e. The van der Waals surface area contributed by atoms with Gasteiger partial charge in [0.15, 0.2) is 23.3 Å². The molecule has 1 fully saturated rings. The first kappa shape index (κ1) is 22.2. The van der Waals surface area contributed by atoms with Crippen molar-refractivity contribution in [3.05, 3.63) is 33.7 Å². The number of carboxylic acid groups (broad SMARTS) is 1. The molecule has 1 aliphatic heterocycles. The average molecular weight is 442 g/mol. The molecule has 0 aliphatic carbocycles. The summed E-state index contributed by atoms with van der Waals surface area (Å²) in [5.74, 6) is -1.94. The van der Waals surface area contributed by atoms with Gasteiger partial charge in [0, 0.05) is 11.6 Å². The molecule has 0 spiro atoms. The summed E-state index contributed by atoms with van der Waals surface area (Å²) >= 11 is 7.09. The van der Waals surface area contributed by atoms with Gasteiger partial charge in [0.1, 0.15) is 0 Å². The van der Waals surface area contributed by atoms with Crippen LogP contribution in [0.3, 0.4) is 0 Å². The molecule has 2 N–H and O–H groups in total. The van der Waals surface area contributed by atoms with Gasteiger partial charge in [0.25, 0.3) is 5.91 Å². The minimum atomic E-state index is -1.15. The number of esters is 1. The van der Waals surface area contributed by atoms with Crippen LogP contribution in [-0.2, 0) is 19.1 Å². The molecule has 1 aromatic carbocycles. The Hall–Kier alpha value is -3.05. The first-order valence-corrected chi connectivity index (χ1v) is 9.24. The van der Waals surface area contributed by atoms with E-state index >= 15 is 0 Å². The summed E-state index contributed by atoms with van der Waals surface area (Å²) in [6.45, 7) is 1.49. The van der Waals surface area contributed by atoms with Gasteiger partial charge >= 0.3 is 11.9 Å². The zero-order chi connectivity index (χ0) is 21.4. The number of amidine groups is 1. The molecule has 29 heavy (non-hydrogen) atoms. The first-order chi connectivity index (χ1) is 13.8. The van der Waals surface area contributed by atoms with Crippen molar-refractivity contribution in [1.29, 1.82) is 0 Å². The molecule has 10 nitrogen and oxygen atoms in total. The fourth-order valence-corrected chi connectivity index (χ4v) is 3.00. The fourth-order valence-electron chi connectivity index (χ4n) is 1.99. The highest BCUT2D eigenvalue weighted by Crippen LogP contribution is 2.36. The number of aliphatic carboxylic acids is 1. The quantitative estimate of drug-likeness (QED) is 0.270. The van der Waals surface area contributed by atoms with Crippen LogP contribution in [0, 0.1) is 0 Å². The second-order valence-electron chi connectivity index (χ2n) is 5.18. The normalized spacial score (nSPS) is 16.3. The number of hydrogen-bond donors (Lipinski definition) is 2. The van der Waals surface area contributed by atoms with E-state index in [4.69, 9.17) is 26.2 Å².